The van der Waals surface area contributed by atoms with Crippen molar-refractivity contribution in [1.82, 2.24) is 29.8 Å². The van der Waals surface area contributed by atoms with Crippen LogP contribution < -0.4 is 11.1 Å². The number of aromatic nitrogens is 4. The Morgan fingerprint density at radius 1 is 1.29 bits per heavy atom. The molecule has 4 heterocycles. The van der Waals surface area contributed by atoms with Gasteiger partial charge in [-0.15, -0.1) is 22.0 Å². The van der Waals surface area contributed by atoms with Crippen LogP contribution in [-0.4, -0.2) is 93.1 Å². The molecule has 220 valence electrons. The first-order valence-electron chi connectivity index (χ1n) is 11.9. The van der Waals surface area contributed by atoms with Crippen molar-refractivity contribution in [3.8, 4) is 0 Å². The molecule has 41 heavy (non-hydrogen) atoms. The van der Waals surface area contributed by atoms with Crippen molar-refractivity contribution >= 4 is 81.0 Å². The second-order valence-corrected chi connectivity index (χ2v) is 14.1. The van der Waals surface area contributed by atoms with E-state index >= 15 is 0 Å². The Kier molecular flexibility index (Phi) is 8.90. The number of anilines is 1. The topological polar surface area (TPSA) is 212 Å². The normalized spacial score (nSPS) is 19.4. The maximum Gasteiger partial charge on any atom is 0.353 e. The number of aliphatic carboxylic acids is 1. The summed E-state index contributed by atoms with van der Waals surface area (Å²) < 4.78 is 10.0. The number of esters is 1. The lowest BCUT2D eigenvalue weighted by Gasteiger charge is -2.49. The van der Waals surface area contributed by atoms with Crippen molar-refractivity contribution in [3.63, 3.8) is 0 Å². The molecule has 4 rings (SSSR count). The van der Waals surface area contributed by atoms with Crippen LogP contribution in [0.5, 0.6) is 0 Å². The van der Waals surface area contributed by atoms with E-state index in [2.05, 4.69) is 30.0 Å². The van der Waals surface area contributed by atoms with Gasteiger partial charge in [0.05, 0.1) is 0 Å². The van der Waals surface area contributed by atoms with Crippen LogP contribution in [0.25, 0.3) is 0 Å². The molecule has 0 spiro atoms. The van der Waals surface area contributed by atoms with Crippen LogP contribution in [0, 0.1) is 0 Å². The third kappa shape index (κ3) is 6.96. The van der Waals surface area contributed by atoms with Gasteiger partial charge in [0.2, 0.25) is 17.1 Å². The molecule has 0 radical (unpaired) electrons. The highest BCUT2D eigenvalue weighted by atomic mass is 32.2. The minimum absolute atomic E-state index is 0.0517. The smallest absolute Gasteiger partial charge is 0.353 e. The minimum atomic E-state index is -1.59. The summed E-state index contributed by atoms with van der Waals surface area (Å²) in [7, 11) is 0. The number of fused-ring (bicyclic) bond motifs is 1. The molecule has 2 aromatic heterocycles. The molecule has 2 atom stereocenters. The number of carboxylic acids is 1. The van der Waals surface area contributed by atoms with Crippen LogP contribution >= 0.6 is 46.4 Å². The van der Waals surface area contributed by atoms with Crippen LogP contribution in [-0.2, 0) is 28.8 Å². The van der Waals surface area contributed by atoms with Crippen molar-refractivity contribution in [2.45, 2.75) is 61.6 Å². The number of carbonyl (C=O) groups excluding carboxylic acids is 3. The van der Waals surface area contributed by atoms with Gasteiger partial charge < -0.3 is 25.7 Å². The predicted octanol–water partition coefficient (Wildman–Crippen LogP) is 1.34. The van der Waals surface area contributed by atoms with Crippen molar-refractivity contribution < 1.29 is 33.9 Å². The number of thioether (sulfide) groups is 2. The predicted molar refractivity (Wildman–Crippen MR) is 152 cm³/mol. The molecule has 2 aliphatic rings. The van der Waals surface area contributed by atoms with Gasteiger partial charge in [-0.2, -0.15) is 9.36 Å². The third-order valence-corrected chi connectivity index (χ3v) is 9.20. The van der Waals surface area contributed by atoms with Crippen LogP contribution in [0.3, 0.4) is 0 Å². The Bertz CT molecular complexity index is 1420. The van der Waals surface area contributed by atoms with E-state index in [0.29, 0.717) is 21.4 Å². The molecule has 19 heteroatoms. The van der Waals surface area contributed by atoms with Crippen LogP contribution in [0.1, 0.15) is 40.4 Å². The maximum atomic E-state index is 13.3. The number of hydrogen-bond donors (Lipinski definition) is 3. The molecule has 2 aliphatic heterocycles. The average molecular weight is 643 g/mol. The molecule has 0 bridgehead atoms. The molecule has 0 saturated carbocycles. The zero-order valence-corrected chi connectivity index (χ0v) is 25.7. The number of β-lactam (4-membered cyclic amide) rings is 1. The fraction of sp³-hybridized carbons (Fsp3) is 0.500. The number of rotatable bonds is 10. The first-order chi connectivity index (χ1) is 19.2. The van der Waals surface area contributed by atoms with Crippen molar-refractivity contribution in [3.05, 3.63) is 22.6 Å². The lowest BCUT2D eigenvalue weighted by Crippen LogP contribution is -2.71. The second kappa shape index (κ2) is 11.9. The van der Waals surface area contributed by atoms with E-state index < -0.39 is 52.1 Å². The summed E-state index contributed by atoms with van der Waals surface area (Å²) in [4.78, 5) is 61.7. The number of oxime groups is 1. The molecule has 2 aromatic rings. The molecule has 2 amide bonds. The summed E-state index contributed by atoms with van der Waals surface area (Å²) in [5.41, 5.74) is 4.89. The van der Waals surface area contributed by atoms with E-state index in [1.807, 2.05) is 0 Å². The lowest BCUT2D eigenvalue weighted by atomic mass is 10.0. The number of carbonyl (C=O) groups is 4. The first kappa shape index (κ1) is 30.7. The van der Waals surface area contributed by atoms with Gasteiger partial charge >= 0.3 is 11.9 Å². The summed E-state index contributed by atoms with van der Waals surface area (Å²) >= 11 is 4.78. The fourth-order valence-corrected chi connectivity index (χ4v) is 6.90. The summed E-state index contributed by atoms with van der Waals surface area (Å²) in [6.07, 6.45) is 0. The average Bonchev–Trinajstić information content (AvgIpc) is 3.56. The number of amides is 2. The quantitative estimate of drug-likeness (QED) is 0.110. The van der Waals surface area contributed by atoms with Gasteiger partial charge in [-0.1, -0.05) is 28.3 Å². The van der Waals surface area contributed by atoms with Crippen LogP contribution in [0.15, 0.2) is 26.3 Å². The van der Waals surface area contributed by atoms with Crippen molar-refractivity contribution in [2.75, 3.05) is 17.2 Å². The maximum absolute atomic E-state index is 13.3. The zero-order chi connectivity index (χ0) is 30.1. The standard InChI is InChI=1S/C22H26N8O7S4/c1-21(2,3)36-18(35)22(4,5)37-28-10(13-26-19(23)41-29-13)14(31)25-11-15(32)30-12(17(33)34)9(6-38-16(11)30)7-39-20-27-24-8-40-20/h8,11,16H,6-7H2,1-5H3,(H,25,31)(H,33,34)(H2,23,26,29)/t11?,16-/m1/s1. The minimum Gasteiger partial charge on any atom is -0.477 e. The molecule has 0 aromatic carbocycles. The van der Waals surface area contributed by atoms with Crippen LogP contribution in [0.4, 0.5) is 5.13 Å². The SMILES string of the molecule is CC(C)(C)OC(=O)C(C)(C)ON=C(C(=O)NC1C(=O)N2C(C(=O)O)=C(CSc3nncs3)CS[C@H]12)c1nsc(N)n1. The number of nitrogen functional groups attached to an aromatic ring is 1. The van der Waals surface area contributed by atoms with Gasteiger partial charge in [0.25, 0.3) is 11.8 Å². The van der Waals surface area contributed by atoms with Gasteiger partial charge in [0.1, 0.15) is 28.2 Å². The Morgan fingerprint density at radius 3 is 2.61 bits per heavy atom. The highest BCUT2D eigenvalue weighted by Crippen LogP contribution is 2.41. The van der Waals surface area contributed by atoms with Crippen molar-refractivity contribution in [2.24, 2.45) is 5.16 Å². The Hall–Kier alpha value is -3.29. The Balaban J connectivity index is 1.51. The number of hydrogen-bond acceptors (Lipinski definition) is 16. The van der Waals surface area contributed by atoms with Gasteiger partial charge in [-0.3, -0.25) is 14.5 Å². The number of carboxylic acid groups (broad SMARTS) is 1. The van der Waals surface area contributed by atoms with Gasteiger partial charge in [0, 0.05) is 23.0 Å². The molecule has 0 aliphatic carbocycles. The number of ether oxygens (including phenoxy) is 1. The highest BCUT2D eigenvalue weighted by molar-refractivity contribution is 8.01. The molecule has 1 unspecified atom stereocenters. The van der Waals surface area contributed by atoms with Gasteiger partial charge in [-0.05, 0) is 40.2 Å². The highest BCUT2D eigenvalue weighted by Gasteiger charge is 2.54. The molecular weight excluding hydrogens is 617 g/mol. The molecule has 15 nitrogen and oxygen atoms in total. The zero-order valence-electron chi connectivity index (χ0n) is 22.4. The monoisotopic (exact) mass is 642 g/mol. The summed E-state index contributed by atoms with van der Waals surface area (Å²) in [5, 5.41) is 23.4. The van der Waals surface area contributed by atoms with Gasteiger partial charge in [-0.25, -0.2) is 9.59 Å². The third-order valence-electron chi connectivity index (χ3n) is 5.37. The first-order valence-corrected chi connectivity index (χ1v) is 15.6. The van der Waals surface area contributed by atoms with E-state index in [0.717, 1.165) is 16.4 Å². The summed E-state index contributed by atoms with van der Waals surface area (Å²) in [6.45, 7) is 7.90. The molecule has 1 fully saturated rings. The molecule has 1 saturated heterocycles. The number of nitrogens with zero attached hydrogens (tertiary/aromatic N) is 6. The summed E-state index contributed by atoms with van der Waals surface area (Å²) in [5.74, 6) is -2.99. The Morgan fingerprint density at radius 2 is 2.02 bits per heavy atom. The fourth-order valence-electron chi connectivity index (χ4n) is 3.49. The molecule has 4 N–H and O–H groups in total. The van der Waals surface area contributed by atoms with Crippen molar-refractivity contribution in [1.29, 1.82) is 0 Å². The van der Waals surface area contributed by atoms with Crippen LogP contribution in [0.2, 0.25) is 0 Å². The van der Waals surface area contributed by atoms with Gasteiger partial charge in [0.15, 0.2) is 9.47 Å². The van der Waals surface area contributed by atoms with E-state index in [1.165, 1.54) is 48.7 Å². The molecular formula is C22H26N8O7S4. The van der Waals surface area contributed by atoms with E-state index in [1.54, 1.807) is 26.3 Å². The largest absolute Gasteiger partial charge is 0.477 e. The number of nitrogens with one attached hydrogen (secondary N) is 1. The lowest BCUT2D eigenvalue weighted by molar-refractivity contribution is -0.179. The second-order valence-electron chi connectivity index (χ2n) is 10.1. The Labute approximate surface area is 250 Å². The summed E-state index contributed by atoms with van der Waals surface area (Å²) in [6, 6.07) is -1.06. The van der Waals surface area contributed by atoms with E-state index in [-0.39, 0.29) is 16.7 Å². The van der Waals surface area contributed by atoms with E-state index in [9.17, 15) is 24.3 Å². The van der Waals surface area contributed by atoms with E-state index in [4.69, 9.17) is 15.3 Å². The number of nitrogens with two attached hydrogens (primary N) is 1.